The number of hydrogen-bond acceptors (Lipinski definition) is 3. The third-order valence-corrected chi connectivity index (χ3v) is 3.90. The van der Waals surface area contributed by atoms with Crippen molar-refractivity contribution in [2.24, 2.45) is 0 Å². The summed E-state index contributed by atoms with van der Waals surface area (Å²) >= 11 is 2.28. The highest BCUT2D eigenvalue weighted by Gasteiger charge is 2.03. The van der Waals surface area contributed by atoms with E-state index in [0.29, 0.717) is 12.2 Å². The van der Waals surface area contributed by atoms with Crippen molar-refractivity contribution in [1.82, 2.24) is 9.38 Å². The Morgan fingerprint density at radius 1 is 1.15 bits per heavy atom. The number of pyridine rings is 1. The largest absolute Gasteiger partial charge is 0.379 e. The van der Waals surface area contributed by atoms with Gasteiger partial charge in [0.1, 0.15) is 5.65 Å². The Hall–Kier alpha value is -1.89. The number of hydrogen-bond donors (Lipinski definition) is 1. The van der Waals surface area contributed by atoms with Crippen molar-refractivity contribution < 1.29 is 0 Å². The topological polar surface area (TPSA) is 46.4 Å². The first kappa shape index (κ1) is 13.1. The summed E-state index contributed by atoms with van der Waals surface area (Å²) in [5.74, 6) is 0. The summed E-state index contributed by atoms with van der Waals surface area (Å²) < 4.78 is 2.68. The zero-order chi connectivity index (χ0) is 13.9. The molecule has 0 radical (unpaired) electrons. The van der Waals surface area contributed by atoms with Gasteiger partial charge in [0.25, 0.3) is 5.56 Å². The molecule has 0 aliphatic rings. The summed E-state index contributed by atoms with van der Waals surface area (Å²) in [6.45, 7) is 0.528. The molecule has 0 unspecified atom stereocenters. The Morgan fingerprint density at radius 2 is 1.95 bits per heavy atom. The Kier molecular flexibility index (Phi) is 3.68. The van der Waals surface area contributed by atoms with Crippen LogP contribution in [0.5, 0.6) is 0 Å². The van der Waals surface area contributed by atoms with E-state index in [1.165, 1.54) is 4.40 Å². The van der Waals surface area contributed by atoms with Gasteiger partial charge in [-0.15, -0.1) is 0 Å². The number of anilines is 1. The van der Waals surface area contributed by atoms with Gasteiger partial charge in [0, 0.05) is 21.5 Å². The molecule has 0 spiro atoms. The predicted molar refractivity (Wildman–Crippen MR) is 87.9 cm³/mol. The van der Waals surface area contributed by atoms with Gasteiger partial charge < -0.3 is 5.32 Å². The highest BCUT2D eigenvalue weighted by atomic mass is 127. The molecular weight excluding hydrogens is 365 g/mol. The standard InChI is InChI=1S/C15H12IN3O/c16-12-5-1-2-6-13(12)17-10-11-9-15(20)19-8-4-3-7-14(19)18-11/h1-9,17H,10H2. The van der Waals surface area contributed by atoms with Crippen LogP contribution >= 0.6 is 22.6 Å². The molecule has 3 rings (SSSR count). The van der Waals surface area contributed by atoms with Crippen LogP contribution in [0.3, 0.4) is 0 Å². The molecular formula is C15H12IN3O. The van der Waals surface area contributed by atoms with E-state index in [-0.39, 0.29) is 5.56 Å². The van der Waals surface area contributed by atoms with Gasteiger partial charge in [-0.1, -0.05) is 18.2 Å². The van der Waals surface area contributed by atoms with Crippen LogP contribution in [0.4, 0.5) is 5.69 Å². The average Bonchev–Trinajstić information content (AvgIpc) is 2.46. The molecule has 20 heavy (non-hydrogen) atoms. The van der Waals surface area contributed by atoms with E-state index in [4.69, 9.17) is 0 Å². The highest BCUT2D eigenvalue weighted by Crippen LogP contribution is 2.17. The second kappa shape index (κ2) is 5.62. The van der Waals surface area contributed by atoms with Crippen LogP contribution in [-0.2, 0) is 6.54 Å². The van der Waals surface area contributed by atoms with E-state index in [1.807, 2.05) is 42.5 Å². The van der Waals surface area contributed by atoms with Gasteiger partial charge in [-0.2, -0.15) is 0 Å². The van der Waals surface area contributed by atoms with Crippen molar-refractivity contribution in [1.29, 1.82) is 0 Å². The van der Waals surface area contributed by atoms with Crippen molar-refractivity contribution in [3.05, 3.63) is 74.3 Å². The van der Waals surface area contributed by atoms with Crippen LogP contribution in [0.15, 0.2) is 59.5 Å². The molecule has 2 heterocycles. The van der Waals surface area contributed by atoms with E-state index in [2.05, 4.69) is 32.9 Å². The van der Waals surface area contributed by atoms with Gasteiger partial charge in [-0.25, -0.2) is 4.98 Å². The van der Waals surface area contributed by atoms with Gasteiger partial charge >= 0.3 is 0 Å². The van der Waals surface area contributed by atoms with Gasteiger partial charge in [-0.3, -0.25) is 9.20 Å². The average molecular weight is 377 g/mol. The van der Waals surface area contributed by atoms with Crippen molar-refractivity contribution in [2.45, 2.75) is 6.54 Å². The van der Waals surface area contributed by atoms with Gasteiger partial charge in [0.05, 0.1) is 12.2 Å². The van der Waals surface area contributed by atoms with Crippen molar-refractivity contribution in [3.63, 3.8) is 0 Å². The molecule has 3 aromatic rings. The number of nitrogens with zero attached hydrogens (tertiary/aromatic N) is 2. The number of aromatic nitrogens is 2. The van der Waals surface area contributed by atoms with Crippen LogP contribution in [0.1, 0.15) is 5.69 Å². The zero-order valence-corrected chi connectivity index (χ0v) is 12.7. The molecule has 0 aliphatic carbocycles. The van der Waals surface area contributed by atoms with Gasteiger partial charge in [0.15, 0.2) is 0 Å². The monoisotopic (exact) mass is 377 g/mol. The normalized spacial score (nSPS) is 10.7. The fourth-order valence-corrected chi connectivity index (χ4v) is 2.56. The second-order valence-corrected chi connectivity index (χ2v) is 5.51. The lowest BCUT2D eigenvalue weighted by molar-refractivity contribution is 0.971. The first-order valence-electron chi connectivity index (χ1n) is 6.20. The molecule has 1 N–H and O–H groups in total. The van der Waals surface area contributed by atoms with Crippen LogP contribution in [0.2, 0.25) is 0 Å². The molecule has 4 nitrogen and oxygen atoms in total. The molecule has 0 amide bonds. The Bertz CT molecular complexity index is 813. The number of halogens is 1. The molecule has 0 saturated carbocycles. The SMILES string of the molecule is O=c1cc(CNc2ccccc2I)nc2ccccn12. The Labute approximate surface area is 129 Å². The van der Waals surface area contributed by atoms with Crippen LogP contribution in [0, 0.1) is 3.57 Å². The molecule has 5 heteroatoms. The van der Waals surface area contributed by atoms with Crippen molar-refractivity contribution in [2.75, 3.05) is 5.32 Å². The zero-order valence-electron chi connectivity index (χ0n) is 10.6. The van der Waals surface area contributed by atoms with E-state index < -0.39 is 0 Å². The third kappa shape index (κ3) is 2.67. The fourth-order valence-electron chi connectivity index (χ4n) is 1.98. The minimum absolute atomic E-state index is 0.0600. The Morgan fingerprint density at radius 3 is 2.80 bits per heavy atom. The number of fused-ring (bicyclic) bond motifs is 1. The highest BCUT2D eigenvalue weighted by molar-refractivity contribution is 14.1. The maximum absolute atomic E-state index is 12.0. The molecule has 0 aliphatic heterocycles. The summed E-state index contributed by atoms with van der Waals surface area (Å²) in [4.78, 5) is 16.5. The van der Waals surface area contributed by atoms with Gasteiger partial charge in [-0.05, 0) is 46.9 Å². The van der Waals surface area contributed by atoms with E-state index in [1.54, 1.807) is 12.3 Å². The molecule has 0 saturated heterocycles. The summed E-state index contributed by atoms with van der Waals surface area (Å²) in [5, 5.41) is 3.30. The lowest BCUT2D eigenvalue weighted by Crippen LogP contribution is -2.16. The first-order valence-corrected chi connectivity index (χ1v) is 7.27. The smallest absolute Gasteiger partial charge is 0.258 e. The maximum atomic E-state index is 12.0. The number of para-hydroxylation sites is 1. The van der Waals surface area contributed by atoms with Crippen LogP contribution in [0.25, 0.3) is 5.65 Å². The molecule has 1 aromatic carbocycles. The predicted octanol–water partition coefficient (Wildman–Crippen LogP) is 2.91. The summed E-state index contributed by atoms with van der Waals surface area (Å²) in [5.41, 5.74) is 2.39. The summed E-state index contributed by atoms with van der Waals surface area (Å²) in [7, 11) is 0. The molecule has 0 fully saturated rings. The minimum Gasteiger partial charge on any atom is -0.379 e. The van der Waals surface area contributed by atoms with Crippen molar-refractivity contribution in [3.8, 4) is 0 Å². The van der Waals surface area contributed by atoms with Gasteiger partial charge in [0.2, 0.25) is 0 Å². The molecule has 2 aromatic heterocycles. The molecule has 0 bridgehead atoms. The quantitative estimate of drug-likeness (QED) is 0.715. The molecule has 0 atom stereocenters. The number of benzene rings is 1. The van der Waals surface area contributed by atoms with E-state index >= 15 is 0 Å². The van der Waals surface area contributed by atoms with E-state index in [0.717, 1.165) is 15.0 Å². The lowest BCUT2D eigenvalue weighted by Gasteiger charge is -2.08. The van der Waals surface area contributed by atoms with Crippen LogP contribution < -0.4 is 10.9 Å². The number of rotatable bonds is 3. The Balaban J connectivity index is 1.88. The van der Waals surface area contributed by atoms with E-state index in [9.17, 15) is 4.79 Å². The maximum Gasteiger partial charge on any atom is 0.258 e. The molecule has 100 valence electrons. The van der Waals surface area contributed by atoms with Crippen LogP contribution in [-0.4, -0.2) is 9.38 Å². The third-order valence-electron chi connectivity index (χ3n) is 2.96. The number of nitrogens with one attached hydrogen (secondary N) is 1. The first-order chi connectivity index (χ1) is 9.74. The van der Waals surface area contributed by atoms with Crippen molar-refractivity contribution >= 4 is 33.9 Å². The fraction of sp³-hybridized carbons (Fsp3) is 0.0667. The lowest BCUT2D eigenvalue weighted by atomic mass is 10.3. The summed E-state index contributed by atoms with van der Waals surface area (Å²) in [6, 6.07) is 15.1. The summed E-state index contributed by atoms with van der Waals surface area (Å²) in [6.07, 6.45) is 1.72. The second-order valence-electron chi connectivity index (χ2n) is 4.35. The minimum atomic E-state index is -0.0600.